The molecule has 0 amide bonds. The zero-order valence-electron chi connectivity index (χ0n) is 8.19. The van der Waals surface area contributed by atoms with Crippen molar-refractivity contribution in [3.8, 4) is 5.92 Å². The minimum absolute atomic E-state index is 0. The molecule has 11 heavy (non-hydrogen) atoms. The summed E-state index contributed by atoms with van der Waals surface area (Å²) in [6.07, 6.45) is 7.51. The molecule has 0 aromatic rings. The van der Waals surface area contributed by atoms with Crippen molar-refractivity contribution in [1.29, 1.82) is 0 Å². The Hall–Kier alpha value is 0.334. The summed E-state index contributed by atoms with van der Waals surface area (Å²) in [5.74, 6) is 2.34. The van der Waals surface area contributed by atoms with Crippen LogP contribution >= 0.6 is 0 Å². The Bertz CT molecular complexity index is 134. The van der Waals surface area contributed by atoms with Gasteiger partial charge in [-0.3, -0.25) is 0 Å². The topological polar surface area (TPSA) is 9.23 Å². The van der Waals surface area contributed by atoms with Gasteiger partial charge in [-0.1, -0.05) is 0 Å². The molecule has 0 bridgehead atoms. The van der Waals surface area contributed by atoms with Crippen LogP contribution in [-0.4, -0.2) is 14.4 Å². The molecule has 0 aromatic carbocycles. The molecule has 58 valence electrons. The zero-order valence-corrected chi connectivity index (χ0v) is 9.19. The summed E-state index contributed by atoms with van der Waals surface area (Å²) in [7, 11) is -1.38. The van der Waals surface area contributed by atoms with Crippen LogP contribution in [0.5, 0.6) is 0 Å². The molecule has 0 saturated carbocycles. The third-order valence-electron chi connectivity index (χ3n) is 0.944. The Morgan fingerprint density at radius 2 is 1.91 bits per heavy atom. The van der Waals surface area contributed by atoms with Gasteiger partial charge in [-0.15, -0.1) is 0 Å². The van der Waals surface area contributed by atoms with Crippen molar-refractivity contribution in [1.82, 2.24) is 0 Å². The van der Waals surface area contributed by atoms with Gasteiger partial charge >= 0.3 is 18.9 Å². The molecular formula is C8H15LiOSi. The average Bonchev–Trinajstić information content (AvgIpc) is 1.59. The van der Waals surface area contributed by atoms with E-state index in [-0.39, 0.29) is 25.0 Å². The van der Waals surface area contributed by atoms with Gasteiger partial charge < -0.3 is 16.8 Å². The van der Waals surface area contributed by atoms with E-state index >= 15 is 0 Å². The molecule has 3 heteroatoms. The van der Waals surface area contributed by atoms with Gasteiger partial charge in [-0.05, 0) is 33.0 Å². The second kappa shape index (κ2) is 5.92. The van der Waals surface area contributed by atoms with Crippen molar-refractivity contribution in [3.63, 3.8) is 0 Å². The summed E-state index contributed by atoms with van der Waals surface area (Å²) < 4.78 is 5.63. The van der Waals surface area contributed by atoms with E-state index < -0.39 is 8.32 Å². The minimum atomic E-state index is -1.38. The SMILES string of the molecule is [C-]#CCC(C)O[Si](C)(C)C.[Li+]. The zero-order chi connectivity index (χ0) is 8.20. The van der Waals surface area contributed by atoms with Crippen LogP contribution < -0.4 is 18.9 Å². The number of rotatable bonds is 3. The monoisotopic (exact) mass is 162 g/mol. The van der Waals surface area contributed by atoms with E-state index in [0.29, 0.717) is 6.42 Å². The summed E-state index contributed by atoms with van der Waals surface area (Å²) in [4.78, 5) is 0. The van der Waals surface area contributed by atoms with Gasteiger partial charge in [0, 0.05) is 6.10 Å². The molecule has 0 aromatic heterocycles. The van der Waals surface area contributed by atoms with Crippen LogP contribution in [0.1, 0.15) is 13.3 Å². The molecule has 0 aliphatic heterocycles. The van der Waals surface area contributed by atoms with Crippen molar-refractivity contribution in [2.75, 3.05) is 0 Å². The van der Waals surface area contributed by atoms with E-state index in [1.165, 1.54) is 0 Å². The quantitative estimate of drug-likeness (QED) is 0.300. The maximum atomic E-state index is 6.73. The molecular weight excluding hydrogens is 147 g/mol. The van der Waals surface area contributed by atoms with Crippen LogP contribution in [0, 0.1) is 12.3 Å². The Labute approximate surface area is 83.2 Å². The third-order valence-corrected chi connectivity index (χ3v) is 2.05. The van der Waals surface area contributed by atoms with E-state index in [9.17, 15) is 0 Å². The largest absolute Gasteiger partial charge is 1.00 e. The smallest absolute Gasteiger partial charge is 0.694 e. The molecule has 0 N–H and O–H groups in total. The van der Waals surface area contributed by atoms with Crippen LogP contribution in [0.15, 0.2) is 0 Å². The minimum Gasteiger partial charge on any atom is -0.694 e. The fourth-order valence-electron chi connectivity index (χ4n) is 0.789. The fraction of sp³-hybridized carbons (Fsp3) is 0.750. The summed E-state index contributed by atoms with van der Waals surface area (Å²) >= 11 is 0. The van der Waals surface area contributed by atoms with Gasteiger partial charge in [0.05, 0.1) is 0 Å². The van der Waals surface area contributed by atoms with Crippen LogP contribution in [0.2, 0.25) is 19.6 Å². The Morgan fingerprint density at radius 1 is 1.45 bits per heavy atom. The van der Waals surface area contributed by atoms with E-state index in [4.69, 9.17) is 10.8 Å². The molecule has 1 unspecified atom stereocenters. The van der Waals surface area contributed by atoms with E-state index in [1.54, 1.807) is 0 Å². The Kier molecular flexibility index (Phi) is 7.48. The predicted molar refractivity (Wildman–Crippen MR) is 45.6 cm³/mol. The van der Waals surface area contributed by atoms with Gasteiger partial charge in [-0.2, -0.15) is 0 Å². The van der Waals surface area contributed by atoms with Gasteiger partial charge in [0.25, 0.3) is 0 Å². The Balaban J connectivity index is 0. The van der Waals surface area contributed by atoms with Crippen LogP contribution in [-0.2, 0) is 4.43 Å². The second-order valence-corrected chi connectivity index (χ2v) is 7.88. The van der Waals surface area contributed by atoms with Gasteiger partial charge in [0.1, 0.15) is 0 Å². The first-order valence-corrected chi connectivity index (χ1v) is 6.94. The molecule has 0 saturated heterocycles. The number of hydrogen-bond acceptors (Lipinski definition) is 1. The summed E-state index contributed by atoms with van der Waals surface area (Å²) in [5.41, 5.74) is 0. The first kappa shape index (κ1) is 13.9. The molecule has 0 spiro atoms. The maximum absolute atomic E-state index is 6.73. The van der Waals surface area contributed by atoms with Crippen molar-refractivity contribution in [2.45, 2.75) is 39.1 Å². The average molecular weight is 162 g/mol. The fourth-order valence-corrected chi connectivity index (χ4v) is 2.08. The molecule has 0 aliphatic rings. The molecule has 1 atom stereocenters. The summed E-state index contributed by atoms with van der Waals surface area (Å²) in [5, 5.41) is 0. The molecule has 0 aliphatic carbocycles. The van der Waals surface area contributed by atoms with Gasteiger partial charge in [0.2, 0.25) is 0 Å². The third kappa shape index (κ3) is 10.3. The summed E-state index contributed by atoms with van der Waals surface area (Å²) in [6, 6.07) is 0. The molecule has 0 fully saturated rings. The summed E-state index contributed by atoms with van der Waals surface area (Å²) in [6.45, 7) is 8.42. The number of hydrogen-bond donors (Lipinski definition) is 0. The van der Waals surface area contributed by atoms with Crippen LogP contribution in [0.4, 0.5) is 0 Å². The molecule has 1 nitrogen and oxygen atoms in total. The van der Waals surface area contributed by atoms with Crippen molar-refractivity contribution >= 4 is 8.32 Å². The molecule has 0 radical (unpaired) electrons. The van der Waals surface area contributed by atoms with Crippen molar-refractivity contribution < 1.29 is 23.3 Å². The first-order valence-electron chi connectivity index (χ1n) is 3.53. The van der Waals surface area contributed by atoms with Gasteiger partial charge in [-0.25, -0.2) is 0 Å². The van der Waals surface area contributed by atoms with Crippen molar-refractivity contribution in [2.24, 2.45) is 0 Å². The Morgan fingerprint density at radius 3 is 2.18 bits per heavy atom. The van der Waals surface area contributed by atoms with Crippen molar-refractivity contribution in [3.05, 3.63) is 6.42 Å². The van der Waals surface area contributed by atoms with E-state index in [0.717, 1.165) is 0 Å². The van der Waals surface area contributed by atoms with Crippen LogP contribution in [0.25, 0.3) is 0 Å². The normalized spacial score (nSPS) is 13.0. The standard InChI is InChI=1S/C8H15OSi.Li/c1-6-7-8(2)9-10(3,4)5;/h8H,7H2,2-5H3;/q-1;+1. The van der Waals surface area contributed by atoms with E-state index in [1.807, 2.05) is 6.92 Å². The van der Waals surface area contributed by atoms with Crippen LogP contribution in [0.3, 0.4) is 0 Å². The van der Waals surface area contributed by atoms with E-state index in [2.05, 4.69) is 25.6 Å². The second-order valence-electron chi connectivity index (χ2n) is 3.42. The van der Waals surface area contributed by atoms with Gasteiger partial charge in [0.15, 0.2) is 8.32 Å². The predicted octanol–water partition coefficient (Wildman–Crippen LogP) is -0.790. The first-order chi connectivity index (χ1) is 4.45. The maximum Gasteiger partial charge on any atom is 1.00 e. The molecule has 0 heterocycles. The molecule has 0 rings (SSSR count).